The third-order valence-corrected chi connectivity index (χ3v) is 6.45. The van der Waals surface area contributed by atoms with Crippen molar-refractivity contribution >= 4 is 10.0 Å². The molecule has 128 valence electrons. The van der Waals surface area contributed by atoms with Crippen LogP contribution in [0.3, 0.4) is 0 Å². The molecule has 3 heterocycles. The van der Waals surface area contributed by atoms with E-state index in [-0.39, 0.29) is 17.6 Å². The van der Waals surface area contributed by atoms with Crippen molar-refractivity contribution in [2.75, 3.05) is 32.1 Å². The average Bonchev–Trinajstić information content (AvgIpc) is 2.92. The number of sulfonamides is 1. The fourth-order valence-electron chi connectivity index (χ4n) is 3.25. The van der Waals surface area contributed by atoms with Gasteiger partial charge in [0.05, 0.1) is 18.0 Å². The fraction of sp³-hybridized carbons (Fsp3) is 0.667. The minimum absolute atomic E-state index is 0.00395. The smallest absolute Gasteiger partial charge is 0.250 e. The highest BCUT2D eigenvalue weighted by atomic mass is 32.2. The molecule has 2 saturated heterocycles. The van der Waals surface area contributed by atoms with Crippen LogP contribution in [0.15, 0.2) is 18.3 Å². The maximum atomic E-state index is 13.5. The summed E-state index contributed by atoms with van der Waals surface area (Å²) < 4.78 is 49.9. The highest BCUT2D eigenvalue weighted by Gasteiger charge is 2.55. The van der Waals surface area contributed by atoms with Crippen LogP contribution < -0.4 is 4.74 Å². The lowest BCUT2D eigenvalue weighted by molar-refractivity contribution is -0.104. The standard InChI is InChI=1S/C15H21FN2O4S/c1-2-23(19,20)18-10-15(11-18)12(6-9-22-15)5-8-21-14-13(16)4-3-7-17-14/h3-4,7,12H,2,5-6,8-11H2,1H3. The Balaban J connectivity index is 1.54. The Kier molecular flexibility index (Phi) is 4.57. The summed E-state index contributed by atoms with van der Waals surface area (Å²) in [6.07, 6.45) is 3.04. The zero-order valence-electron chi connectivity index (χ0n) is 13.1. The first-order valence-electron chi connectivity index (χ1n) is 7.82. The molecule has 0 radical (unpaired) electrons. The molecular formula is C15H21FN2O4S. The van der Waals surface area contributed by atoms with Gasteiger partial charge in [0.1, 0.15) is 0 Å². The van der Waals surface area contributed by atoms with Crippen LogP contribution in [0.4, 0.5) is 4.39 Å². The van der Waals surface area contributed by atoms with Gasteiger partial charge in [0, 0.05) is 25.9 Å². The number of rotatable bonds is 6. The molecule has 2 aliphatic heterocycles. The first-order valence-corrected chi connectivity index (χ1v) is 9.43. The molecule has 0 amide bonds. The van der Waals surface area contributed by atoms with E-state index in [1.807, 2.05) is 0 Å². The quantitative estimate of drug-likeness (QED) is 0.781. The molecule has 1 aromatic rings. The van der Waals surface area contributed by atoms with Gasteiger partial charge < -0.3 is 9.47 Å². The summed E-state index contributed by atoms with van der Waals surface area (Å²) in [7, 11) is -3.15. The van der Waals surface area contributed by atoms with Gasteiger partial charge in [-0.05, 0) is 37.8 Å². The van der Waals surface area contributed by atoms with Gasteiger partial charge in [0.2, 0.25) is 15.9 Å². The fourth-order valence-corrected chi connectivity index (χ4v) is 4.44. The van der Waals surface area contributed by atoms with Crippen molar-refractivity contribution < 1.29 is 22.3 Å². The Bertz CT molecular complexity index is 661. The monoisotopic (exact) mass is 344 g/mol. The van der Waals surface area contributed by atoms with Crippen LogP contribution in [-0.4, -0.2) is 55.4 Å². The molecule has 0 aromatic carbocycles. The number of ether oxygens (including phenoxy) is 2. The summed E-state index contributed by atoms with van der Waals surface area (Å²) >= 11 is 0. The lowest BCUT2D eigenvalue weighted by Crippen LogP contribution is -2.66. The van der Waals surface area contributed by atoms with Crippen molar-refractivity contribution in [3.05, 3.63) is 24.1 Å². The van der Waals surface area contributed by atoms with Gasteiger partial charge in [0.15, 0.2) is 5.82 Å². The largest absolute Gasteiger partial charge is 0.476 e. The number of pyridine rings is 1. The van der Waals surface area contributed by atoms with E-state index in [1.54, 1.807) is 6.92 Å². The lowest BCUT2D eigenvalue weighted by atomic mass is 9.80. The zero-order valence-corrected chi connectivity index (χ0v) is 13.9. The van der Waals surface area contributed by atoms with Crippen LogP contribution in [0.2, 0.25) is 0 Å². The Morgan fingerprint density at radius 1 is 1.52 bits per heavy atom. The third-order valence-electron chi connectivity index (χ3n) is 4.68. The van der Waals surface area contributed by atoms with Crippen LogP contribution >= 0.6 is 0 Å². The molecular weight excluding hydrogens is 323 g/mol. The van der Waals surface area contributed by atoms with E-state index >= 15 is 0 Å². The Morgan fingerprint density at radius 3 is 3.00 bits per heavy atom. The number of hydrogen-bond donors (Lipinski definition) is 0. The van der Waals surface area contributed by atoms with E-state index in [9.17, 15) is 12.8 Å². The Hall–Kier alpha value is -1.25. The van der Waals surface area contributed by atoms with Gasteiger partial charge in [-0.15, -0.1) is 0 Å². The summed E-state index contributed by atoms with van der Waals surface area (Å²) in [4.78, 5) is 3.85. The molecule has 0 N–H and O–H groups in total. The van der Waals surface area contributed by atoms with Gasteiger partial charge in [-0.3, -0.25) is 0 Å². The molecule has 23 heavy (non-hydrogen) atoms. The third kappa shape index (κ3) is 3.20. The predicted molar refractivity (Wildman–Crippen MR) is 82.1 cm³/mol. The molecule has 0 bridgehead atoms. The van der Waals surface area contributed by atoms with E-state index in [2.05, 4.69) is 4.98 Å². The van der Waals surface area contributed by atoms with Gasteiger partial charge >= 0.3 is 0 Å². The second-order valence-electron chi connectivity index (χ2n) is 5.99. The SMILES string of the molecule is CCS(=O)(=O)N1CC2(C1)OCCC2CCOc1ncccc1F. The van der Waals surface area contributed by atoms with Crippen molar-refractivity contribution in [1.82, 2.24) is 9.29 Å². The molecule has 6 nitrogen and oxygen atoms in total. The van der Waals surface area contributed by atoms with Gasteiger partial charge in [0.25, 0.3) is 0 Å². The van der Waals surface area contributed by atoms with Gasteiger partial charge in [-0.2, -0.15) is 4.31 Å². The second kappa shape index (κ2) is 6.33. The van der Waals surface area contributed by atoms with Crippen molar-refractivity contribution in [3.8, 4) is 5.88 Å². The van der Waals surface area contributed by atoms with Gasteiger partial charge in [-0.1, -0.05) is 0 Å². The summed E-state index contributed by atoms with van der Waals surface area (Å²) in [5, 5.41) is 0. The molecule has 3 rings (SSSR count). The van der Waals surface area contributed by atoms with Crippen molar-refractivity contribution in [2.45, 2.75) is 25.4 Å². The summed E-state index contributed by atoms with van der Waals surface area (Å²) in [6, 6.07) is 2.82. The molecule has 1 aromatic heterocycles. The van der Waals surface area contributed by atoms with Crippen LogP contribution in [0.1, 0.15) is 19.8 Å². The maximum Gasteiger partial charge on any atom is 0.250 e. The number of halogens is 1. The molecule has 2 aliphatic rings. The summed E-state index contributed by atoms with van der Waals surface area (Å²) in [5.74, 6) is -0.147. The van der Waals surface area contributed by atoms with Crippen molar-refractivity contribution in [2.24, 2.45) is 5.92 Å². The van der Waals surface area contributed by atoms with Gasteiger partial charge in [-0.25, -0.2) is 17.8 Å². The van der Waals surface area contributed by atoms with E-state index in [4.69, 9.17) is 9.47 Å². The van der Waals surface area contributed by atoms with Crippen molar-refractivity contribution in [1.29, 1.82) is 0 Å². The van der Waals surface area contributed by atoms with E-state index in [1.165, 1.54) is 22.6 Å². The maximum absolute atomic E-state index is 13.5. The first kappa shape index (κ1) is 16.6. The lowest BCUT2D eigenvalue weighted by Gasteiger charge is -2.49. The topological polar surface area (TPSA) is 68.7 Å². The van der Waals surface area contributed by atoms with Crippen molar-refractivity contribution in [3.63, 3.8) is 0 Å². The molecule has 2 fully saturated rings. The van der Waals surface area contributed by atoms with Crippen LogP contribution in [-0.2, 0) is 14.8 Å². The highest BCUT2D eigenvalue weighted by molar-refractivity contribution is 7.89. The summed E-state index contributed by atoms with van der Waals surface area (Å²) in [6.45, 7) is 3.42. The molecule has 0 saturated carbocycles. The second-order valence-corrected chi connectivity index (χ2v) is 8.25. The minimum Gasteiger partial charge on any atom is -0.476 e. The first-order chi connectivity index (χ1) is 11.0. The number of nitrogens with zero attached hydrogens (tertiary/aromatic N) is 2. The van der Waals surface area contributed by atoms with Crippen LogP contribution in [0.5, 0.6) is 5.88 Å². The number of aromatic nitrogens is 1. The minimum atomic E-state index is -3.15. The molecule has 0 aliphatic carbocycles. The molecule has 1 atom stereocenters. The molecule has 1 unspecified atom stereocenters. The molecule has 1 spiro atoms. The Morgan fingerprint density at radius 2 is 2.30 bits per heavy atom. The molecule has 8 heteroatoms. The van der Waals surface area contributed by atoms with E-state index in [0.29, 0.717) is 32.7 Å². The van der Waals surface area contributed by atoms with E-state index < -0.39 is 21.4 Å². The normalized spacial score (nSPS) is 23.8. The summed E-state index contributed by atoms with van der Waals surface area (Å²) in [5.41, 5.74) is -0.395. The zero-order chi connectivity index (χ0) is 16.5. The highest BCUT2D eigenvalue weighted by Crippen LogP contribution is 2.42. The predicted octanol–water partition coefficient (Wildman–Crippen LogP) is 1.43. The Labute approximate surface area is 135 Å². The average molecular weight is 344 g/mol. The van der Waals surface area contributed by atoms with Crippen LogP contribution in [0.25, 0.3) is 0 Å². The number of hydrogen-bond acceptors (Lipinski definition) is 5. The van der Waals surface area contributed by atoms with E-state index in [0.717, 1.165) is 6.42 Å². The van der Waals surface area contributed by atoms with Crippen LogP contribution in [0, 0.1) is 11.7 Å².